The molecule has 0 saturated heterocycles. The maximum absolute atomic E-state index is 11.2. The summed E-state index contributed by atoms with van der Waals surface area (Å²) < 4.78 is 0. The lowest BCUT2D eigenvalue weighted by atomic mass is 10.2. The van der Waals surface area contributed by atoms with Crippen molar-refractivity contribution in [2.45, 2.75) is 32.4 Å². The molecular weight excluding hydrogens is 232 g/mol. The average Bonchev–Trinajstić information content (AvgIpc) is 2.56. The molecule has 0 bridgehead atoms. The zero-order valence-corrected chi connectivity index (χ0v) is 10.5. The van der Waals surface area contributed by atoms with Gasteiger partial charge in [0.2, 0.25) is 5.91 Å². The first-order valence-electron chi connectivity index (χ1n) is 4.68. The summed E-state index contributed by atoms with van der Waals surface area (Å²) >= 11 is 1.70. The third-order valence-electron chi connectivity index (χ3n) is 1.89. The van der Waals surface area contributed by atoms with Gasteiger partial charge in [-0.15, -0.1) is 23.7 Å². The molecule has 0 aromatic carbocycles. The zero-order valence-electron chi connectivity index (χ0n) is 8.90. The Bertz CT molecular complexity index is 288. The summed E-state index contributed by atoms with van der Waals surface area (Å²) in [5, 5.41) is 4.90. The Kier molecular flexibility index (Phi) is 6.56. The number of hydrogen-bond acceptors (Lipinski definition) is 3. The number of carbonyl (C=O) groups excluding carboxylic acids is 1. The molecule has 1 aromatic rings. The minimum atomic E-state index is -0.430. The summed E-state index contributed by atoms with van der Waals surface area (Å²) in [6.07, 6.45) is 0.871. The summed E-state index contributed by atoms with van der Waals surface area (Å²) in [6, 6.07) is 3.80. The Morgan fingerprint density at radius 3 is 2.73 bits per heavy atom. The van der Waals surface area contributed by atoms with Gasteiger partial charge >= 0.3 is 0 Å². The third-order valence-corrected chi connectivity index (χ3v) is 2.79. The molecule has 1 aromatic heterocycles. The number of rotatable bonds is 4. The molecule has 0 aliphatic heterocycles. The van der Waals surface area contributed by atoms with Crippen molar-refractivity contribution in [3.05, 3.63) is 22.4 Å². The van der Waals surface area contributed by atoms with E-state index in [1.54, 1.807) is 18.3 Å². The van der Waals surface area contributed by atoms with Crippen LogP contribution in [0, 0.1) is 0 Å². The first-order chi connectivity index (χ1) is 6.59. The highest BCUT2D eigenvalue weighted by molar-refractivity contribution is 7.09. The number of thiophene rings is 1. The number of hydrogen-bond donors (Lipinski definition) is 2. The SMILES string of the molecule is CC(Cc1cccs1)NC(=O)[C@@H](C)N.Cl. The fourth-order valence-corrected chi connectivity index (χ4v) is 1.99. The van der Waals surface area contributed by atoms with Crippen molar-refractivity contribution < 1.29 is 4.79 Å². The van der Waals surface area contributed by atoms with E-state index in [9.17, 15) is 4.79 Å². The van der Waals surface area contributed by atoms with Crippen LogP contribution in [0.3, 0.4) is 0 Å². The Morgan fingerprint density at radius 1 is 1.60 bits per heavy atom. The van der Waals surface area contributed by atoms with Gasteiger partial charge in [-0.2, -0.15) is 0 Å². The normalized spacial score (nSPS) is 13.8. The van der Waals surface area contributed by atoms with Crippen LogP contribution in [0.15, 0.2) is 17.5 Å². The largest absolute Gasteiger partial charge is 0.352 e. The molecule has 0 radical (unpaired) electrons. The molecule has 5 heteroatoms. The number of halogens is 1. The van der Waals surface area contributed by atoms with Gasteiger partial charge in [0.15, 0.2) is 0 Å². The predicted octanol–water partition coefficient (Wildman–Crippen LogP) is 1.56. The molecule has 0 saturated carbocycles. The van der Waals surface area contributed by atoms with Crippen molar-refractivity contribution in [3.8, 4) is 0 Å². The highest BCUT2D eigenvalue weighted by Gasteiger charge is 2.11. The first kappa shape index (κ1) is 14.4. The zero-order chi connectivity index (χ0) is 10.6. The molecule has 86 valence electrons. The van der Waals surface area contributed by atoms with Crippen molar-refractivity contribution in [2.24, 2.45) is 5.73 Å². The highest BCUT2D eigenvalue weighted by atomic mass is 35.5. The Morgan fingerprint density at radius 2 is 2.27 bits per heavy atom. The van der Waals surface area contributed by atoms with Gasteiger partial charge in [0, 0.05) is 17.3 Å². The van der Waals surface area contributed by atoms with Crippen LogP contribution in [0.4, 0.5) is 0 Å². The number of carbonyl (C=O) groups is 1. The molecule has 3 N–H and O–H groups in total. The molecular formula is C10H17ClN2OS. The van der Waals surface area contributed by atoms with Crippen LogP contribution in [0.2, 0.25) is 0 Å². The molecule has 2 atom stereocenters. The molecule has 0 aliphatic carbocycles. The number of nitrogens with one attached hydrogen (secondary N) is 1. The van der Waals surface area contributed by atoms with Crippen molar-refractivity contribution >= 4 is 29.7 Å². The summed E-state index contributed by atoms with van der Waals surface area (Å²) in [4.78, 5) is 12.5. The van der Waals surface area contributed by atoms with Gasteiger partial charge in [-0.3, -0.25) is 4.79 Å². The smallest absolute Gasteiger partial charge is 0.236 e. The third kappa shape index (κ3) is 5.16. The summed E-state index contributed by atoms with van der Waals surface area (Å²) in [5.74, 6) is -0.0888. The van der Waals surface area contributed by atoms with Gasteiger partial charge in [-0.25, -0.2) is 0 Å². The Labute approximate surface area is 100 Å². The van der Waals surface area contributed by atoms with E-state index in [-0.39, 0.29) is 24.4 Å². The fraction of sp³-hybridized carbons (Fsp3) is 0.500. The standard InChI is InChI=1S/C10H16N2OS.ClH/c1-7(12-10(13)8(2)11)6-9-4-3-5-14-9;/h3-5,7-8H,6,11H2,1-2H3,(H,12,13);1H/t7?,8-;/m1./s1. The minimum Gasteiger partial charge on any atom is -0.352 e. The first-order valence-corrected chi connectivity index (χ1v) is 5.56. The van der Waals surface area contributed by atoms with Gasteiger partial charge in [0.25, 0.3) is 0 Å². The van der Waals surface area contributed by atoms with Crippen LogP contribution in [-0.2, 0) is 11.2 Å². The van der Waals surface area contributed by atoms with E-state index in [1.165, 1.54) is 4.88 Å². The maximum atomic E-state index is 11.2. The van der Waals surface area contributed by atoms with E-state index in [0.29, 0.717) is 0 Å². The lowest BCUT2D eigenvalue weighted by Crippen LogP contribution is -2.43. The van der Waals surface area contributed by atoms with Gasteiger partial charge in [0.05, 0.1) is 6.04 Å². The van der Waals surface area contributed by atoms with Gasteiger partial charge in [-0.05, 0) is 25.3 Å². The van der Waals surface area contributed by atoms with Crippen LogP contribution in [-0.4, -0.2) is 18.0 Å². The number of amides is 1. The van der Waals surface area contributed by atoms with Crippen LogP contribution >= 0.6 is 23.7 Å². The van der Waals surface area contributed by atoms with Gasteiger partial charge < -0.3 is 11.1 Å². The molecule has 0 aliphatic rings. The maximum Gasteiger partial charge on any atom is 0.236 e. The Balaban J connectivity index is 0.00000196. The summed E-state index contributed by atoms with van der Waals surface area (Å²) in [5.41, 5.74) is 5.45. The molecule has 0 fully saturated rings. The molecule has 3 nitrogen and oxygen atoms in total. The molecule has 1 amide bonds. The van der Waals surface area contributed by atoms with E-state index in [2.05, 4.69) is 11.4 Å². The second kappa shape index (κ2) is 6.82. The Hall–Kier alpha value is -0.580. The van der Waals surface area contributed by atoms with Crippen LogP contribution in [0.1, 0.15) is 18.7 Å². The van der Waals surface area contributed by atoms with Crippen molar-refractivity contribution in [2.75, 3.05) is 0 Å². The summed E-state index contributed by atoms with van der Waals surface area (Å²) in [6.45, 7) is 3.67. The van der Waals surface area contributed by atoms with Crippen LogP contribution in [0.5, 0.6) is 0 Å². The van der Waals surface area contributed by atoms with E-state index in [0.717, 1.165) is 6.42 Å². The van der Waals surface area contributed by atoms with Gasteiger partial charge in [0.1, 0.15) is 0 Å². The van der Waals surface area contributed by atoms with Crippen LogP contribution < -0.4 is 11.1 Å². The lowest BCUT2D eigenvalue weighted by molar-refractivity contribution is -0.122. The van der Waals surface area contributed by atoms with E-state index in [1.807, 2.05) is 18.4 Å². The van der Waals surface area contributed by atoms with Crippen molar-refractivity contribution in [3.63, 3.8) is 0 Å². The number of nitrogens with two attached hydrogens (primary N) is 1. The van der Waals surface area contributed by atoms with Crippen molar-refractivity contribution in [1.82, 2.24) is 5.32 Å². The molecule has 1 unspecified atom stereocenters. The van der Waals surface area contributed by atoms with Crippen LogP contribution in [0.25, 0.3) is 0 Å². The average molecular weight is 249 g/mol. The second-order valence-corrected chi connectivity index (χ2v) is 4.51. The fourth-order valence-electron chi connectivity index (χ4n) is 1.16. The molecule has 1 heterocycles. The topological polar surface area (TPSA) is 55.1 Å². The molecule has 15 heavy (non-hydrogen) atoms. The lowest BCUT2D eigenvalue weighted by Gasteiger charge is -2.14. The molecule has 1 rings (SSSR count). The minimum absolute atomic E-state index is 0. The summed E-state index contributed by atoms with van der Waals surface area (Å²) in [7, 11) is 0. The predicted molar refractivity (Wildman–Crippen MR) is 66.5 cm³/mol. The highest BCUT2D eigenvalue weighted by Crippen LogP contribution is 2.10. The van der Waals surface area contributed by atoms with Crippen molar-refractivity contribution in [1.29, 1.82) is 0 Å². The second-order valence-electron chi connectivity index (χ2n) is 3.48. The monoisotopic (exact) mass is 248 g/mol. The van der Waals surface area contributed by atoms with E-state index in [4.69, 9.17) is 5.73 Å². The van der Waals surface area contributed by atoms with E-state index >= 15 is 0 Å². The molecule has 0 spiro atoms. The quantitative estimate of drug-likeness (QED) is 0.850. The van der Waals surface area contributed by atoms with E-state index < -0.39 is 6.04 Å². The van der Waals surface area contributed by atoms with Gasteiger partial charge in [-0.1, -0.05) is 6.07 Å².